The van der Waals surface area contributed by atoms with Crippen molar-refractivity contribution in [3.8, 4) is 5.75 Å². The molecule has 0 saturated heterocycles. The lowest BCUT2D eigenvalue weighted by Crippen LogP contribution is -2.20. The van der Waals surface area contributed by atoms with Crippen molar-refractivity contribution in [2.24, 2.45) is 0 Å². The number of nitrogens with one attached hydrogen (secondary N) is 1. The zero-order valence-corrected chi connectivity index (χ0v) is 10.5. The standard InChI is InChI=1S/C12H15NO5/c1-4-18-9(15)5-8-6(2)13-12(17)10(7(3)14)11(8)16/h4-5H2,1-3H3,(H2,13,16,17). The third-order valence-electron chi connectivity index (χ3n) is 2.48. The number of hydrogen-bond donors (Lipinski definition) is 2. The lowest BCUT2D eigenvalue weighted by molar-refractivity contribution is -0.142. The number of ether oxygens (including phenoxy) is 1. The molecule has 0 radical (unpaired) electrons. The van der Waals surface area contributed by atoms with Crippen LogP contribution in [-0.2, 0) is 16.0 Å². The van der Waals surface area contributed by atoms with Crippen LogP contribution in [0.15, 0.2) is 4.79 Å². The molecule has 1 aromatic rings. The first-order valence-corrected chi connectivity index (χ1v) is 5.49. The molecule has 0 amide bonds. The third kappa shape index (κ3) is 2.77. The van der Waals surface area contributed by atoms with Crippen LogP contribution in [0.3, 0.4) is 0 Å². The molecule has 1 heterocycles. The van der Waals surface area contributed by atoms with Gasteiger partial charge in [-0.25, -0.2) is 0 Å². The van der Waals surface area contributed by atoms with Gasteiger partial charge in [-0.15, -0.1) is 0 Å². The van der Waals surface area contributed by atoms with Gasteiger partial charge in [-0.1, -0.05) is 0 Å². The maximum absolute atomic E-state index is 11.5. The summed E-state index contributed by atoms with van der Waals surface area (Å²) in [7, 11) is 0. The molecular formula is C12H15NO5. The number of aromatic amines is 1. The first-order chi connectivity index (χ1) is 8.38. The van der Waals surface area contributed by atoms with Crippen molar-refractivity contribution in [2.75, 3.05) is 6.61 Å². The van der Waals surface area contributed by atoms with Gasteiger partial charge in [-0.3, -0.25) is 14.4 Å². The second-order valence-corrected chi connectivity index (χ2v) is 3.82. The molecule has 0 bridgehead atoms. The Labute approximate surface area is 104 Å². The van der Waals surface area contributed by atoms with Crippen LogP contribution in [0, 0.1) is 6.92 Å². The summed E-state index contributed by atoms with van der Waals surface area (Å²) < 4.78 is 4.76. The number of esters is 1. The molecule has 0 aliphatic carbocycles. The molecule has 98 valence electrons. The van der Waals surface area contributed by atoms with Crippen LogP contribution in [-0.4, -0.2) is 28.4 Å². The SMILES string of the molecule is CCOC(=O)Cc1c(C)[nH]c(=O)c(C(C)=O)c1O. The van der Waals surface area contributed by atoms with Gasteiger partial charge in [0.2, 0.25) is 0 Å². The molecular weight excluding hydrogens is 238 g/mol. The quantitative estimate of drug-likeness (QED) is 0.608. The van der Waals surface area contributed by atoms with E-state index in [1.54, 1.807) is 13.8 Å². The highest BCUT2D eigenvalue weighted by Gasteiger charge is 2.20. The number of carbonyl (C=O) groups is 2. The van der Waals surface area contributed by atoms with E-state index in [2.05, 4.69) is 4.98 Å². The highest BCUT2D eigenvalue weighted by atomic mass is 16.5. The van der Waals surface area contributed by atoms with Gasteiger partial charge in [-0.2, -0.15) is 0 Å². The zero-order chi connectivity index (χ0) is 13.9. The molecule has 1 aromatic heterocycles. The van der Waals surface area contributed by atoms with Crippen LogP contribution in [0.5, 0.6) is 5.75 Å². The van der Waals surface area contributed by atoms with Crippen molar-refractivity contribution in [2.45, 2.75) is 27.2 Å². The van der Waals surface area contributed by atoms with E-state index in [0.29, 0.717) is 5.69 Å². The van der Waals surface area contributed by atoms with E-state index in [9.17, 15) is 19.5 Å². The Morgan fingerprint density at radius 1 is 1.39 bits per heavy atom. The minimum atomic E-state index is -0.662. The van der Waals surface area contributed by atoms with Gasteiger partial charge < -0.3 is 14.8 Å². The van der Waals surface area contributed by atoms with Crippen molar-refractivity contribution in [3.05, 3.63) is 27.2 Å². The van der Waals surface area contributed by atoms with E-state index in [1.807, 2.05) is 0 Å². The Morgan fingerprint density at radius 2 is 2.00 bits per heavy atom. The molecule has 0 atom stereocenters. The monoisotopic (exact) mass is 253 g/mol. The minimum Gasteiger partial charge on any atom is -0.507 e. The summed E-state index contributed by atoms with van der Waals surface area (Å²) >= 11 is 0. The molecule has 1 rings (SSSR count). The van der Waals surface area contributed by atoms with Crippen molar-refractivity contribution in [1.82, 2.24) is 4.98 Å². The topological polar surface area (TPSA) is 96.5 Å². The number of rotatable bonds is 4. The zero-order valence-electron chi connectivity index (χ0n) is 10.5. The van der Waals surface area contributed by atoms with Crippen LogP contribution < -0.4 is 5.56 Å². The smallest absolute Gasteiger partial charge is 0.310 e. The average molecular weight is 253 g/mol. The van der Waals surface area contributed by atoms with Crippen LogP contribution >= 0.6 is 0 Å². The van der Waals surface area contributed by atoms with Crippen molar-refractivity contribution in [1.29, 1.82) is 0 Å². The fraction of sp³-hybridized carbons (Fsp3) is 0.417. The number of carbonyl (C=O) groups excluding carboxylic acids is 2. The summed E-state index contributed by atoms with van der Waals surface area (Å²) in [6.07, 6.45) is -0.192. The van der Waals surface area contributed by atoms with E-state index in [-0.39, 0.29) is 24.2 Å². The van der Waals surface area contributed by atoms with Gasteiger partial charge in [0.05, 0.1) is 13.0 Å². The molecule has 6 nitrogen and oxygen atoms in total. The van der Waals surface area contributed by atoms with Crippen molar-refractivity contribution < 1.29 is 19.4 Å². The largest absolute Gasteiger partial charge is 0.507 e. The summed E-state index contributed by atoms with van der Waals surface area (Å²) in [5.74, 6) is -1.53. The number of aromatic hydroxyl groups is 1. The lowest BCUT2D eigenvalue weighted by Gasteiger charge is -2.10. The Morgan fingerprint density at radius 3 is 2.50 bits per heavy atom. The fourth-order valence-electron chi connectivity index (χ4n) is 1.64. The highest BCUT2D eigenvalue weighted by Crippen LogP contribution is 2.22. The minimum absolute atomic E-state index is 0.192. The van der Waals surface area contributed by atoms with Gasteiger partial charge in [0.25, 0.3) is 5.56 Å². The number of aryl methyl sites for hydroxylation is 1. The number of Topliss-reactive ketones (excluding diaryl/α,β-unsaturated/α-hetero) is 1. The Hall–Kier alpha value is -2.11. The molecule has 0 spiro atoms. The van der Waals surface area contributed by atoms with E-state index in [0.717, 1.165) is 0 Å². The second-order valence-electron chi connectivity index (χ2n) is 3.82. The average Bonchev–Trinajstić information content (AvgIpc) is 2.23. The fourth-order valence-corrected chi connectivity index (χ4v) is 1.64. The normalized spacial score (nSPS) is 10.2. The van der Waals surface area contributed by atoms with E-state index in [1.165, 1.54) is 6.92 Å². The number of aromatic nitrogens is 1. The molecule has 0 unspecified atom stereocenters. The van der Waals surface area contributed by atoms with E-state index < -0.39 is 23.1 Å². The van der Waals surface area contributed by atoms with Gasteiger partial charge in [-0.05, 0) is 20.8 Å². The maximum Gasteiger partial charge on any atom is 0.310 e. The second kappa shape index (κ2) is 5.48. The van der Waals surface area contributed by atoms with Crippen LogP contribution in [0.1, 0.15) is 35.5 Å². The van der Waals surface area contributed by atoms with Gasteiger partial charge in [0.1, 0.15) is 11.3 Å². The maximum atomic E-state index is 11.5. The summed E-state index contributed by atoms with van der Waals surface area (Å²) in [6.45, 7) is 4.60. The van der Waals surface area contributed by atoms with Gasteiger partial charge in [0.15, 0.2) is 5.78 Å². The summed E-state index contributed by atoms with van der Waals surface area (Å²) in [5, 5.41) is 9.89. The highest BCUT2D eigenvalue weighted by molar-refractivity contribution is 5.97. The van der Waals surface area contributed by atoms with Crippen LogP contribution in [0.4, 0.5) is 0 Å². The summed E-state index contributed by atoms with van der Waals surface area (Å²) in [4.78, 5) is 36.6. The number of pyridine rings is 1. The molecule has 2 N–H and O–H groups in total. The first-order valence-electron chi connectivity index (χ1n) is 5.49. The summed E-state index contributed by atoms with van der Waals surface area (Å²) in [6, 6.07) is 0. The van der Waals surface area contributed by atoms with E-state index in [4.69, 9.17) is 4.74 Å². The lowest BCUT2D eigenvalue weighted by atomic mass is 10.0. The Balaban J connectivity index is 3.28. The van der Waals surface area contributed by atoms with Crippen LogP contribution in [0.2, 0.25) is 0 Å². The summed E-state index contributed by atoms with van der Waals surface area (Å²) in [5.41, 5.74) is -0.446. The number of H-pyrrole nitrogens is 1. The van der Waals surface area contributed by atoms with Crippen molar-refractivity contribution >= 4 is 11.8 Å². The third-order valence-corrected chi connectivity index (χ3v) is 2.48. The molecule has 0 saturated carbocycles. The first kappa shape index (κ1) is 14.0. The molecule has 18 heavy (non-hydrogen) atoms. The Kier molecular flexibility index (Phi) is 4.25. The number of ketones is 1. The Bertz CT molecular complexity index is 544. The number of hydrogen-bond acceptors (Lipinski definition) is 5. The predicted octanol–water partition coefficient (Wildman–Crippen LogP) is 0.697. The molecule has 6 heteroatoms. The van der Waals surface area contributed by atoms with Gasteiger partial charge >= 0.3 is 5.97 Å². The van der Waals surface area contributed by atoms with Crippen LogP contribution in [0.25, 0.3) is 0 Å². The van der Waals surface area contributed by atoms with Gasteiger partial charge in [0, 0.05) is 11.3 Å². The predicted molar refractivity (Wildman–Crippen MR) is 63.8 cm³/mol. The molecule has 0 aliphatic rings. The molecule has 0 aromatic carbocycles. The molecule has 0 fully saturated rings. The molecule has 0 aliphatic heterocycles. The van der Waals surface area contributed by atoms with E-state index >= 15 is 0 Å². The van der Waals surface area contributed by atoms with Crippen molar-refractivity contribution in [3.63, 3.8) is 0 Å².